The molecule has 13 heavy (non-hydrogen) atoms. The summed E-state index contributed by atoms with van der Waals surface area (Å²) in [7, 11) is 0. The van der Waals surface area contributed by atoms with Crippen molar-refractivity contribution in [2.45, 2.75) is 26.7 Å². The van der Waals surface area contributed by atoms with Gasteiger partial charge in [0.15, 0.2) is 0 Å². The highest BCUT2D eigenvalue weighted by Gasteiger charge is 2.27. The van der Waals surface area contributed by atoms with Gasteiger partial charge in [-0.15, -0.1) is 0 Å². The smallest absolute Gasteiger partial charge is 0.314 e. The number of carboxylic acids is 1. The predicted octanol–water partition coefficient (Wildman–Crippen LogP) is 0.685. The standard InChI is InChI=1S/C9H16O4/c1-6(2)8(11)7(9(12)13)4-3-5-10/h6-7,10H,3-5H2,1-2H3,(H,12,13). The fourth-order valence-electron chi connectivity index (χ4n) is 1.09. The van der Waals surface area contributed by atoms with E-state index in [9.17, 15) is 9.59 Å². The zero-order valence-corrected chi connectivity index (χ0v) is 7.99. The van der Waals surface area contributed by atoms with E-state index >= 15 is 0 Å². The Balaban J connectivity index is 4.24. The van der Waals surface area contributed by atoms with E-state index in [-0.39, 0.29) is 24.7 Å². The number of Topliss-reactive ketones (excluding diaryl/α,β-unsaturated/α-hetero) is 1. The topological polar surface area (TPSA) is 74.6 Å². The van der Waals surface area contributed by atoms with Crippen molar-refractivity contribution in [3.8, 4) is 0 Å². The van der Waals surface area contributed by atoms with Gasteiger partial charge in [0, 0.05) is 12.5 Å². The van der Waals surface area contributed by atoms with Gasteiger partial charge in [-0.3, -0.25) is 9.59 Å². The molecule has 2 N–H and O–H groups in total. The maximum absolute atomic E-state index is 11.3. The quantitative estimate of drug-likeness (QED) is 0.601. The Labute approximate surface area is 77.6 Å². The molecule has 0 aromatic rings. The summed E-state index contributed by atoms with van der Waals surface area (Å²) in [6, 6.07) is 0. The Kier molecular flexibility index (Phi) is 5.30. The zero-order chi connectivity index (χ0) is 10.4. The number of hydrogen-bond donors (Lipinski definition) is 2. The van der Waals surface area contributed by atoms with E-state index in [1.165, 1.54) is 0 Å². The van der Waals surface area contributed by atoms with Gasteiger partial charge in [0.1, 0.15) is 11.7 Å². The maximum Gasteiger partial charge on any atom is 0.314 e. The molecular weight excluding hydrogens is 172 g/mol. The van der Waals surface area contributed by atoms with Crippen molar-refractivity contribution in [2.24, 2.45) is 11.8 Å². The number of rotatable bonds is 6. The van der Waals surface area contributed by atoms with Gasteiger partial charge < -0.3 is 10.2 Å². The van der Waals surface area contributed by atoms with Crippen molar-refractivity contribution in [1.29, 1.82) is 0 Å². The first-order chi connectivity index (χ1) is 6.00. The molecule has 0 heterocycles. The third kappa shape index (κ3) is 4.03. The predicted molar refractivity (Wildman–Crippen MR) is 47.3 cm³/mol. The summed E-state index contributed by atoms with van der Waals surface area (Å²) in [4.78, 5) is 22.0. The summed E-state index contributed by atoms with van der Waals surface area (Å²) in [5.41, 5.74) is 0. The molecule has 0 aromatic carbocycles. The molecule has 0 aromatic heterocycles. The Morgan fingerprint density at radius 1 is 1.31 bits per heavy atom. The van der Waals surface area contributed by atoms with Crippen LogP contribution in [0.3, 0.4) is 0 Å². The fourth-order valence-corrected chi connectivity index (χ4v) is 1.09. The average Bonchev–Trinajstić information content (AvgIpc) is 2.04. The molecule has 0 aliphatic carbocycles. The molecule has 76 valence electrons. The molecule has 0 bridgehead atoms. The lowest BCUT2D eigenvalue weighted by atomic mass is 9.91. The number of carbonyl (C=O) groups excluding carboxylic acids is 1. The summed E-state index contributed by atoms with van der Waals surface area (Å²) in [6.07, 6.45) is 0.582. The van der Waals surface area contributed by atoms with Crippen molar-refractivity contribution in [3.05, 3.63) is 0 Å². The Hall–Kier alpha value is -0.900. The molecule has 0 aliphatic heterocycles. The van der Waals surface area contributed by atoms with Crippen LogP contribution >= 0.6 is 0 Å². The number of aliphatic hydroxyl groups is 1. The van der Waals surface area contributed by atoms with Crippen LogP contribution in [0, 0.1) is 11.8 Å². The van der Waals surface area contributed by atoms with Crippen molar-refractivity contribution < 1.29 is 19.8 Å². The molecule has 0 fully saturated rings. The fraction of sp³-hybridized carbons (Fsp3) is 0.778. The summed E-state index contributed by atoms with van der Waals surface area (Å²) in [6.45, 7) is 3.28. The second kappa shape index (κ2) is 5.70. The third-order valence-corrected chi connectivity index (χ3v) is 1.86. The number of aliphatic hydroxyl groups excluding tert-OH is 1. The Morgan fingerprint density at radius 2 is 1.85 bits per heavy atom. The van der Waals surface area contributed by atoms with Crippen LogP contribution < -0.4 is 0 Å². The highest BCUT2D eigenvalue weighted by Crippen LogP contribution is 2.13. The van der Waals surface area contributed by atoms with Crippen molar-refractivity contribution in [1.82, 2.24) is 0 Å². The summed E-state index contributed by atoms with van der Waals surface area (Å²) < 4.78 is 0. The van der Waals surface area contributed by atoms with Gasteiger partial charge in [-0.05, 0) is 12.8 Å². The minimum atomic E-state index is -1.09. The van der Waals surface area contributed by atoms with E-state index in [1.807, 2.05) is 0 Å². The lowest BCUT2D eigenvalue weighted by Crippen LogP contribution is -2.27. The van der Waals surface area contributed by atoms with Gasteiger partial charge in [0.2, 0.25) is 0 Å². The molecule has 0 saturated heterocycles. The van der Waals surface area contributed by atoms with Crippen molar-refractivity contribution in [3.63, 3.8) is 0 Å². The van der Waals surface area contributed by atoms with Crippen LogP contribution in [0.5, 0.6) is 0 Å². The van der Waals surface area contributed by atoms with Crippen LogP contribution in [0.2, 0.25) is 0 Å². The van der Waals surface area contributed by atoms with E-state index in [2.05, 4.69) is 0 Å². The second-order valence-electron chi connectivity index (χ2n) is 3.31. The average molecular weight is 188 g/mol. The first-order valence-electron chi connectivity index (χ1n) is 4.38. The first kappa shape index (κ1) is 12.1. The van der Waals surface area contributed by atoms with Crippen LogP contribution in [0.25, 0.3) is 0 Å². The molecule has 4 nitrogen and oxygen atoms in total. The van der Waals surface area contributed by atoms with Crippen LogP contribution in [0.15, 0.2) is 0 Å². The molecule has 0 aliphatic rings. The van der Waals surface area contributed by atoms with Crippen LogP contribution in [0.4, 0.5) is 0 Å². The van der Waals surface area contributed by atoms with E-state index in [0.29, 0.717) is 6.42 Å². The zero-order valence-electron chi connectivity index (χ0n) is 7.99. The molecule has 1 atom stereocenters. The number of hydrogen-bond acceptors (Lipinski definition) is 3. The minimum Gasteiger partial charge on any atom is -0.481 e. The molecule has 0 amide bonds. The normalized spacial score (nSPS) is 12.9. The molecule has 0 spiro atoms. The van der Waals surface area contributed by atoms with Crippen LogP contribution in [-0.2, 0) is 9.59 Å². The van der Waals surface area contributed by atoms with Gasteiger partial charge in [0.05, 0.1) is 0 Å². The lowest BCUT2D eigenvalue weighted by molar-refractivity contribution is -0.147. The summed E-state index contributed by atoms with van der Waals surface area (Å²) in [5, 5.41) is 17.2. The molecule has 0 rings (SSSR count). The summed E-state index contributed by atoms with van der Waals surface area (Å²) >= 11 is 0. The van der Waals surface area contributed by atoms with E-state index in [0.717, 1.165) is 0 Å². The molecule has 0 radical (unpaired) electrons. The molecule has 0 saturated carbocycles. The van der Waals surface area contributed by atoms with Crippen LogP contribution in [0.1, 0.15) is 26.7 Å². The number of aliphatic carboxylic acids is 1. The molecule has 4 heteroatoms. The molecule has 1 unspecified atom stereocenters. The maximum atomic E-state index is 11.3. The Morgan fingerprint density at radius 3 is 2.15 bits per heavy atom. The van der Waals surface area contributed by atoms with Gasteiger partial charge in [-0.1, -0.05) is 13.8 Å². The van der Waals surface area contributed by atoms with Crippen LogP contribution in [-0.4, -0.2) is 28.6 Å². The van der Waals surface area contributed by atoms with E-state index < -0.39 is 11.9 Å². The van der Waals surface area contributed by atoms with Gasteiger partial charge in [-0.2, -0.15) is 0 Å². The SMILES string of the molecule is CC(C)C(=O)C(CCCO)C(=O)O. The van der Waals surface area contributed by atoms with E-state index in [1.54, 1.807) is 13.8 Å². The monoisotopic (exact) mass is 188 g/mol. The Bertz CT molecular complexity index is 186. The third-order valence-electron chi connectivity index (χ3n) is 1.86. The first-order valence-corrected chi connectivity index (χ1v) is 4.38. The largest absolute Gasteiger partial charge is 0.481 e. The lowest BCUT2D eigenvalue weighted by Gasteiger charge is -2.12. The van der Waals surface area contributed by atoms with Gasteiger partial charge >= 0.3 is 5.97 Å². The molecular formula is C9H16O4. The van der Waals surface area contributed by atoms with Gasteiger partial charge in [-0.25, -0.2) is 0 Å². The number of carbonyl (C=O) groups is 2. The van der Waals surface area contributed by atoms with Crippen molar-refractivity contribution in [2.75, 3.05) is 6.61 Å². The highest BCUT2D eigenvalue weighted by atomic mass is 16.4. The van der Waals surface area contributed by atoms with Gasteiger partial charge in [0.25, 0.3) is 0 Å². The second-order valence-corrected chi connectivity index (χ2v) is 3.31. The number of carboxylic acid groups (broad SMARTS) is 1. The highest BCUT2D eigenvalue weighted by molar-refractivity contribution is 5.99. The van der Waals surface area contributed by atoms with Crippen molar-refractivity contribution >= 4 is 11.8 Å². The van der Waals surface area contributed by atoms with E-state index in [4.69, 9.17) is 10.2 Å². The summed E-state index contributed by atoms with van der Waals surface area (Å²) in [5.74, 6) is -2.57. The number of ketones is 1. The minimum absolute atomic E-state index is 0.0743.